The van der Waals surface area contributed by atoms with Gasteiger partial charge in [-0.2, -0.15) is 0 Å². The van der Waals surface area contributed by atoms with Crippen molar-refractivity contribution in [1.82, 2.24) is 15.5 Å². The molecule has 0 fully saturated rings. The molecule has 1 heterocycles. The number of rotatable bonds is 23. The Labute approximate surface area is 281 Å². The van der Waals surface area contributed by atoms with E-state index < -0.39 is 29.8 Å². The molecule has 0 radical (unpaired) electrons. The molecule has 1 aromatic rings. The average Bonchev–Trinajstić information content (AvgIpc) is 3.37. The van der Waals surface area contributed by atoms with Gasteiger partial charge in [0.1, 0.15) is 25.3 Å². The number of carbonyl (C=O) groups is 6. The number of ether oxygens (including phenoxy) is 5. The van der Waals surface area contributed by atoms with Crippen molar-refractivity contribution in [2.45, 2.75) is 53.3 Å². The van der Waals surface area contributed by atoms with Gasteiger partial charge >= 0.3 is 5.97 Å². The molecule has 1 aliphatic heterocycles. The average molecular weight is 677 g/mol. The molecule has 5 amide bonds. The number of anilines is 1. The van der Waals surface area contributed by atoms with Crippen molar-refractivity contribution >= 4 is 41.2 Å². The summed E-state index contributed by atoms with van der Waals surface area (Å²) in [6, 6.07) is 5.03. The van der Waals surface area contributed by atoms with E-state index in [-0.39, 0.29) is 69.2 Å². The summed E-state index contributed by atoms with van der Waals surface area (Å²) in [5.74, 6) is -2.90. The minimum absolute atomic E-state index is 0.128. The number of nitrogens with zero attached hydrogens (tertiary/aromatic N) is 1. The van der Waals surface area contributed by atoms with Crippen LogP contribution in [0.1, 0.15) is 40.2 Å². The first kappa shape index (κ1) is 40.0. The van der Waals surface area contributed by atoms with Gasteiger partial charge in [0.15, 0.2) is 0 Å². The Balaban J connectivity index is 1.56. The summed E-state index contributed by atoms with van der Waals surface area (Å²) in [5.41, 5.74) is 1.28. The maximum atomic E-state index is 12.9. The van der Waals surface area contributed by atoms with E-state index in [0.29, 0.717) is 32.1 Å². The SMILES string of the molecule is CC(C)C(=O)OCc1ccc(NC(=O)[C@H](C)NC(=O)C(NC(=O)COCCOCCOCCOCCN2C(=O)C=CC2=O)C(C)C)cc1. The number of hydrogen-bond acceptors (Lipinski definition) is 11. The van der Waals surface area contributed by atoms with E-state index in [1.807, 2.05) is 0 Å². The van der Waals surface area contributed by atoms with Crippen LogP contribution in [0.2, 0.25) is 0 Å². The molecule has 15 heteroatoms. The van der Waals surface area contributed by atoms with Crippen LogP contribution >= 0.6 is 0 Å². The van der Waals surface area contributed by atoms with Crippen molar-refractivity contribution in [3.8, 4) is 0 Å². The van der Waals surface area contributed by atoms with E-state index in [1.165, 1.54) is 19.1 Å². The predicted octanol–water partition coefficient (Wildman–Crippen LogP) is 0.961. The van der Waals surface area contributed by atoms with Gasteiger partial charge in [-0.05, 0) is 30.5 Å². The summed E-state index contributed by atoms with van der Waals surface area (Å²) < 4.78 is 26.7. The molecule has 266 valence electrons. The van der Waals surface area contributed by atoms with Gasteiger partial charge in [0.2, 0.25) is 17.7 Å². The van der Waals surface area contributed by atoms with E-state index in [2.05, 4.69) is 16.0 Å². The first-order chi connectivity index (χ1) is 22.9. The Hall–Kier alpha value is -4.18. The van der Waals surface area contributed by atoms with Crippen molar-refractivity contribution in [2.75, 3.05) is 64.7 Å². The lowest BCUT2D eigenvalue weighted by molar-refractivity contribution is -0.148. The Morgan fingerprint density at radius 1 is 0.708 bits per heavy atom. The standard InChI is InChI=1S/C33H48N4O11/c1-22(2)30(32(42)34-24(5)31(41)35-26-8-6-25(7-9-26)20-48-33(43)23(3)4)36-27(38)21-47-19-18-46-17-16-45-15-14-44-13-12-37-28(39)10-11-29(37)40/h6-11,22-24,30H,12-21H2,1-5H3,(H,34,42)(H,35,41)(H,36,38)/t24-,30?/m0/s1. The third-order valence-corrected chi connectivity index (χ3v) is 6.80. The highest BCUT2D eigenvalue weighted by Crippen LogP contribution is 2.12. The van der Waals surface area contributed by atoms with Gasteiger partial charge in [0.05, 0.1) is 58.7 Å². The summed E-state index contributed by atoms with van der Waals surface area (Å²) in [6.07, 6.45) is 2.45. The number of nitrogens with one attached hydrogen (secondary N) is 3. The second kappa shape index (κ2) is 21.6. The Morgan fingerprint density at radius 2 is 1.25 bits per heavy atom. The highest BCUT2D eigenvalue weighted by atomic mass is 16.6. The number of carbonyl (C=O) groups excluding carboxylic acids is 6. The van der Waals surface area contributed by atoms with Crippen LogP contribution in [0.15, 0.2) is 36.4 Å². The fourth-order valence-corrected chi connectivity index (χ4v) is 4.01. The minimum Gasteiger partial charge on any atom is -0.461 e. The Kier molecular flexibility index (Phi) is 18.0. The molecule has 0 aliphatic carbocycles. The van der Waals surface area contributed by atoms with Gasteiger partial charge in [-0.3, -0.25) is 33.7 Å². The third kappa shape index (κ3) is 15.2. The van der Waals surface area contributed by atoms with Crippen molar-refractivity contribution in [3.05, 3.63) is 42.0 Å². The molecule has 3 N–H and O–H groups in total. The molecule has 15 nitrogen and oxygen atoms in total. The third-order valence-electron chi connectivity index (χ3n) is 6.80. The molecule has 0 bridgehead atoms. The lowest BCUT2D eigenvalue weighted by Gasteiger charge is -2.24. The molecule has 2 rings (SSSR count). The van der Waals surface area contributed by atoms with E-state index in [4.69, 9.17) is 23.7 Å². The van der Waals surface area contributed by atoms with Crippen molar-refractivity contribution < 1.29 is 52.5 Å². The molecule has 1 aliphatic rings. The fraction of sp³-hybridized carbons (Fsp3) is 0.576. The van der Waals surface area contributed by atoms with Crippen LogP contribution in [0.3, 0.4) is 0 Å². The first-order valence-electron chi connectivity index (χ1n) is 15.9. The Bertz CT molecular complexity index is 1230. The number of hydrogen-bond donors (Lipinski definition) is 3. The molecule has 1 unspecified atom stereocenters. The van der Waals surface area contributed by atoms with Crippen molar-refractivity contribution in [1.29, 1.82) is 0 Å². The van der Waals surface area contributed by atoms with Gasteiger partial charge in [0.25, 0.3) is 11.8 Å². The highest BCUT2D eigenvalue weighted by Gasteiger charge is 2.27. The zero-order valence-corrected chi connectivity index (χ0v) is 28.3. The predicted molar refractivity (Wildman–Crippen MR) is 173 cm³/mol. The number of esters is 1. The van der Waals surface area contributed by atoms with Crippen LogP contribution in [-0.4, -0.2) is 112 Å². The number of amides is 5. The largest absolute Gasteiger partial charge is 0.461 e. The van der Waals surface area contributed by atoms with Crippen molar-refractivity contribution in [3.63, 3.8) is 0 Å². The summed E-state index contributed by atoms with van der Waals surface area (Å²) in [4.78, 5) is 73.6. The van der Waals surface area contributed by atoms with Crippen LogP contribution in [0.25, 0.3) is 0 Å². The summed E-state index contributed by atoms with van der Waals surface area (Å²) >= 11 is 0. The molecule has 0 spiro atoms. The normalized spacial score (nSPS) is 13.9. The lowest BCUT2D eigenvalue weighted by Crippen LogP contribution is -2.54. The number of benzene rings is 1. The van der Waals surface area contributed by atoms with Gasteiger partial charge in [-0.1, -0.05) is 39.8 Å². The molecule has 48 heavy (non-hydrogen) atoms. The zero-order chi connectivity index (χ0) is 35.5. The highest BCUT2D eigenvalue weighted by molar-refractivity contribution is 6.12. The molecular formula is C33H48N4O11. The van der Waals surface area contributed by atoms with Crippen LogP contribution in [0.4, 0.5) is 5.69 Å². The van der Waals surface area contributed by atoms with Gasteiger partial charge in [-0.15, -0.1) is 0 Å². The van der Waals surface area contributed by atoms with Gasteiger partial charge in [-0.25, -0.2) is 0 Å². The summed E-state index contributed by atoms with van der Waals surface area (Å²) in [6.45, 7) is 10.5. The number of imide groups is 1. The van der Waals surface area contributed by atoms with E-state index in [0.717, 1.165) is 10.5 Å². The van der Waals surface area contributed by atoms with E-state index in [1.54, 1.807) is 52.0 Å². The quantitative estimate of drug-likeness (QED) is 0.0851. The van der Waals surface area contributed by atoms with Crippen LogP contribution in [0, 0.1) is 11.8 Å². The Morgan fingerprint density at radius 3 is 1.79 bits per heavy atom. The summed E-state index contributed by atoms with van der Waals surface area (Å²) in [5, 5.41) is 8.01. The van der Waals surface area contributed by atoms with Crippen molar-refractivity contribution in [2.24, 2.45) is 11.8 Å². The topological polar surface area (TPSA) is 188 Å². The second-order valence-corrected chi connectivity index (χ2v) is 11.5. The lowest BCUT2D eigenvalue weighted by atomic mass is 10.0. The maximum Gasteiger partial charge on any atom is 0.308 e. The van der Waals surface area contributed by atoms with Crippen LogP contribution in [0.5, 0.6) is 0 Å². The fourth-order valence-electron chi connectivity index (χ4n) is 4.01. The second-order valence-electron chi connectivity index (χ2n) is 11.5. The smallest absolute Gasteiger partial charge is 0.308 e. The molecular weight excluding hydrogens is 628 g/mol. The monoisotopic (exact) mass is 676 g/mol. The molecule has 2 atom stereocenters. The molecule has 0 saturated heterocycles. The molecule has 0 aromatic heterocycles. The zero-order valence-electron chi connectivity index (χ0n) is 28.3. The van der Waals surface area contributed by atoms with E-state index >= 15 is 0 Å². The molecule has 1 aromatic carbocycles. The summed E-state index contributed by atoms with van der Waals surface area (Å²) in [7, 11) is 0. The van der Waals surface area contributed by atoms with Crippen LogP contribution in [-0.2, 0) is 59.1 Å². The first-order valence-corrected chi connectivity index (χ1v) is 15.9. The maximum absolute atomic E-state index is 12.9. The van der Waals surface area contributed by atoms with Gasteiger partial charge in [0, 0.05) is 17.8 Å². The van der Waals surface area contributed by atoms with E-state index in [9.17, 15) is 28.8 Å². The van der Waals surface area contributed by atoms with Gasteiger partial charge < -0.3 is 39.6 Å². The molecule has 0 saturated carbocycles. The minimum atomic E-state index is -0.885. The van der Waals surface area contributed by atoms with Crippen LogP contribution < -0.4 is 16.0 Å².